The fourth-order valence-electron chi connectivity index (χ4n) is 5.31. The van der Waals surface area contributed by atoms with Gasteiger partial charge < -0.3 is 24.0 Å². The van der Waals surface area contributed by atoms with E-state index in [1.165, 1.54) is 4.57 Å². The van der Waals surface area contributed by atoms with Gasteiger partial charge in [0.05, 0.1) is 19.8 Å². The summed E-state index contributed by atoms with van der Waals surface area (Å²) < 4.78 is 28.3. The number of amides is 1. The first-order valence-electron chi connectivity index (χ1n) is 15.9. The van der Waals surface area contributed by atoms with Gasteiger partial charge in [0.25, 0.3) is 5.91 Å². The molecule has 1 fully saturated rings. The summed E-state index contributed by atoms with van der Waals surface area (Å²) in [5, 5.41) is 2.59. The number of hydrogen-bond donors (Lipinski definition) is 1. The molecular weight excluding hydrogens is 611 g/mol. The lowest BCUT2D eigenvalue weighted by atomic mass is 9.98. The molecule has 1 N–H and O–H groups in total. The molecule has 1 aliphatic rings. The van der Waals surface area contributed by atoms with E-state index in [1.54, 1.807) is 36.5 Å². The Balaban J connectivity index is 1.48. The second-order valence-corrected chi connectivity index (χ2v) is 18.4. The third-order valence-electron chi connectivity index (χ3n) is 8.96. The number of aromatic nitrogens is 2. The highest BCUT2D eigenvalue weighted by atomic mass is 28.4. The Bertz CT molecular complexity index is 1680. The van der Waals surface area contributed by atoms with Crippen LogP contribution in [0.4, 0.5) is 5.82 Å². The summed E-state index contributed by atoms with van der Waals surface area (Å²) in [5.41, 5.74) is 0.939. The highest BCUT2D eigenvalue weighted by molar-refractivity contribution is 6.74. The van der Waals surface area contributed by atoms with E-state index in [0.717, 1.165) is 11.1 Å². The summed E-state index contributed by atoms with van der Waals surface area (Å²) in [4.78, 5) is 30.6. The van der Waals surface area contributed by atoms with Crippen molar-refractivity contribution in [1.82, 2.24) is 9.55 Å². The number of benzene rings is 3. The molecule has 0 spiro atoms. The van der Waals surface area contributed by atoms with Crippen LogP contribution in [0.25, 0.3) is 0 Å². The molecule has 1 amide bonds. The molecule has 4 aromatic rings. The molecule has 0 bridgehead atoms. The number of anilines is 1. The summed E-state index contributed by atoms with van der Waals surface area (Å²) in [6, 6.07) is 30.2. The van der Waals surface area contributed by atoms with E-state index < -0.39 is 38.0 Å². The first-order chi connectivity index (χ1) is 22.4. The Morgan fingerprint density at radius 3 is 2.06 bits per heavy atom. The Morgan fingerprint density at radius 1 is 0.915 bits per heavy atom. The van der Waals surface area contributed by atoms with Crippen molar-refractivity contribution >= 4 is 20.0 Å². The zero-order valence-electron chi connectivity index (χ0n) is 28.0. The van der Waals surface area contributed by atoms with Gasteiger partial charge >= 0.3 is 5.69 Å². The van der Waals surface area contributed by atoms with Crippen LogP contribution in [0.5, 0.6) is 0 Å². The second-order valence-electron chi connectivity index (χ2n) is 13.7. The minimum Gasteiger partial charge on any atom is -0.407 e. The standard InChI is InChI=1S/C37H45N3O6Si/c1-36(2,3)47(5,6)46-31-32(44-25-28-18-12-8-13-19-28)37(4,26-43-24-27-16-10-7-11-17-27)45-34(31)40-23-22-30(39-35(40)42)38-33(41)29-20-14-9-15-21-29/h7-23,31-32,34H,24-26H2,1-6H3,(H,38,39,41,42)/t31-,32+,34-,37-/m1/s1. The largest absolute Gasteiger partial charge is 0.407 e. The molecule has 5 rings (SSSR count). The molecule has 1 aromatic heterocycles. The molecule has 3 aromatic carbocycles. The van der Waals surface area contributed by atoms with E-state index in [4.69, 9.17) is 18.6 Å². The van der Waals surface area contributed by atoms with Crippen LogP contribution < -0.4 is 11.0 Å². The van der Waals surface area contributed by atoms with E-state index >= 15 is 0 Å². The minimum absolute atomic E-state index is 0.126. The quantitative estimate of drug-likeness (QED) is 0.165. The third-order valence-corrected chi connectivity index (χ3v) is 13.4. The topological polar surface area (TPSA) is 101 Å². The van der Waals surface area contributed by atoms with Gasteiger partial charge in [0, 0.05) is 11.8 Å². The summed E-state index contributed by atoms with van der Waals surface area (Å²) >= 11 is 0. The molecule has 0 unspecified atom stereocenters. The molecule has 1 aliphatic heterocycles. The van der Waals surface area contributed by atoms with Gasteiger partial charge in [0.2, 0.25) is 0 Å². The molecule has 9 nitrogen and oxygen atoms in total. The second kappa shape index (κ2) is 14.5. The minimum atomic E-state index is -2.42. The van der Waals surface area contributed by atoms with Crippen molar-refractivity contribution in [2.75, 3.05) is 11.9 Å². The number of hydrogen-bond acceptors (Lipinski definition) is 7. The molecule has 10 heteroatoms. The molecule has 47 heavy (non-hydrogen) atoms. The fraction of sp³-hybridized carbons (Fsp3) is 0.378. The molecule has 248 valence electrons. The van der Waals surface area contributed by atoms with Crippen molar-refractivity contribution in [1.29, 1.82) is 0 Å². The van der Waals surface area contributed by atoms with Crippen LogP contribution >= 0.6 is 0 Å². The van der Waals surface area contributed by atoms with E-state index in [9.17, 15) is 9.59 Å². The number of carbonyl (C=O) groups excluding carboxylic acids is 1. The van der Waals surface area contributed by atoms with Gasteiger partial charge in [-0.25, -0.2) is 4.79 Å². The molecule has 2 heterocycles. The van der Waals surface area contributed by atoms with Crippen molar-refractivity contribution in [2.24, 2.45) is 0 Å². The average molecular weight is 656 g/mol. The fourth-order valence-corrected chi connectivity index (χ4v) is 6.58. The number of nitrogens with zero attached hydrogens (tertiary/aromatic N) is 2. The number of ether oxygens (including phenoxy) is 3. The highest BCUT2D eigenvalue weighted by Gasteiger charge is 2.57. The Labute approximate surface area is 278 Å². The smallest absolute Gasteiger partial charge is 0.351 e. The highest BCUT2D eigenvalue weighted by Crippen LogP contribution is 2.46. The van der Waals surface area contributed by atoms with Crippen molar-refractivity contribution < 1.29 is 23.4 Å². The Hall–Kier alpha value is -3.93. The van der Waals surface area contributed by atoms with E-state index in [2.05, 4.69) is 44.2 Å². The van der Waals surface area contributed by atoms with Crippen LogP contribution in [0, 0.1) is 0 Å². The average Bonchev–Trinajstić information content (AvgIpc) is 3.30. The molecular formula is C37H45N3O6Si. The van der Waals surface area contributed by atoms with Crippen LogP contribution in [-0.2, 0) is 31.9 Å². The zero-order chi connectivity index (χ0) is 33.7. The van der Waals surface area contributed by atoms with Gasteiger partial charge in [-0.3, -0.25) is 9.36 Å². The number of nitrogens with one attached hydrogen (secondary N) is 1. The van der Waals surface area contributed by atoms with Gasteiger partial charge in [0.15, 0.2) is 14.5 Å². The van der Waals surface area contributed by atoms with Gasteiger partial charge in [-0.15, -0.1) is 0 Å². The Kier molecular flexibility index (Phi) is 10.6. The van der Waals surface area contributed by atoms with Crippen LogP contribution in [0.2, 0.25) is 18.1 Å². The normalized spacial score (nSPS) is 21.4. The van der Waals surface area contributed by atoms with Gasteiger partial charge in [0.1, 0.15) is 23.6 Å². The predicted molar refractivity (Wildman–Crippen MR) is 185 cm³/mol. The van der Waals surface area contributed by atoms with Crippen molar-refractivity contribution in [3.8, 4) is 0 Å². The number of carbonyl (C=O) groups is 1. The predicted octanol–water partition coefficient (Wildman–Crippen LogP) is 6.98. The van der Waals surface area contributed by atoms with E-state index in [-0.39, 0.29) is 23.4 Å². The SMILES string of the molecule is CC(C)(C)[Si](C)(C)O[C@H]1[C@H](n2ccc(NC(=O)c3ccccc3)nc2=O)O[C@](C)(COCc2ccccc2)[C@H]1OCc1ccccc1. The van der Waals surface area contributed by atoms with Gasteiger partial charge in [-0.1, -0.05) is 99.6 Å². The van der Waals surface area contributed by atoms with Gasteiger partial charge in [-0.2, -0.15) is 4.98 Å². The maximum absolute atomic E-state index is 13.7. The van der Waals surface area contributed by atoms with E-state index in [1.807, 2.05) is 73.7 Å². The van der Waals surface area contributed by atoms with Crippen molar-refractivity contribution in [3.63, 3.8) is 0 Å². The van der Waals surface area contributed by atoms with Crippen LogP contribution in [0.15, 0.2) is 108 Å². The van der Waals surface area contributed by atoms with Gasteiger partial charge in [-0.05, 0) is 54.4 Å². The molecule has 4 atom stereocenters. The molecule has 0 aliphatic carbocycles. The number of rotatable bonds is 12. The maximum atomic E-state index is 13.7. The lowest BCUT2D eigenvalue weighted by Gasteiger charge is -2.41. The lowest BCUT2D eigenvalue weighted by molar-refractivity contribution is -0.147. The maximum Gasteiger partial charge on any atom is 0.351 e. The van der Waals surface area contributed by atoms with Crippen LogP contribution in [0.3, 0.4) is 0 Å². The third kappa shape index (κ3) is 8.32. The summed E-state index contributed by atoms with van der Waals surface area (Å²) in [7, 11) is -2.42. The first kappa shape index (κ1) is 34.4. The van der Waals surface area contributed by atoms with Crippen molar-refractivity contribution in [2.45, 2.75) is 83.1 Å². The summed E-state index contributed by atoms with van der Waals surface area (Å²) in [5.74, 6) is -0.213. The molecule has 1 saturated heterocycles. The Morgan fingerprint density at radius 2 is 1.49 bits per heavy atom. The molecule has 0 radical (unpaired) electrons. The van der Waals surface area contributed by atoms with Crippen LogP contribution in [-0.4, -0.2) is 48.2 Å². The summed E-state index contributed by atoms with van der Waals surface area (Å²) in [6.45, 7) is 13.7. The zero-order valence-corrected chi connectivity index (χ0v) is 29.0. The van der Waals surface area contributed by atoms with Crippen LogP contribution in [0.1, 0.15) is 55.4 Å². The molecule has 0 saturated carbocycles. The van der Waals surface area contributed by atoms with E-state index in [0.29, 0.717) is 18.8 Å². The first-order valence-corrected chi connectivity index (χ1v) is 18.9. The van der Waals surface area contributed by atoms with Crippen molar-refractivity contribution in [3.05, 3.63) is 130 Å². The summed E-state index contributed by atoms with van der Waals surface area (Å²) in [6.07, 6.45) is -0.529. The monoisotopic (exact) mass is 655 g/mol. The lowest BCUT2D eigenvalue weighted by Crippen LogP contribution is -2.52.